The Hall–Kier alpha value is -2.89. The molecule has 2 aromatic rings. The van der Waals surface area contributed by atoms with Gasteiger partial charge in [0, 0.05) is 37.4 Å². The van der Waals surface area contributed by atoms with E-state index in [1.54, 1.807) is 12.0 Å². The summed E-state index contributed by atoms with van der Waals surface area (Å²) in [7, 11) is 1.65. The van der Waals surface area contributed by atoms with Gasteiger partial charge in [-0.1, -0.05) is 30.3 Å². The molecule has 1 fully saturated rings. The van der Waals surface area contributed by atoms with E-state index in [-0.39, 0.29) is 12.1 Å². The summed E-state index contributed by atoms with van der Waals surface area (Å²) in [5.74, 6) is 1.41. The Labute approximate surface area is 179 Å². The van der Waals surface area contributed by atoms with Crippen LogP contribution in [-0.2, 0) is 11.3 Å². The molecule has 0 spiro atoms. The lowest BCUT2D eigenvalue weighted by Crippen LogP contribution is -2.55. The SMILES string of the molecule is COc1cc(N2CCN(C(=O)OC(C)(C)C)[C@H](C)C2)ccc1OCc1ccccc1. The van der Waals surface area contributed by atoms with Gasteiger partial charge in [-0.2, -0.15) is 0 Å². The van der Waals surface area contributed by atoms with Gasteiger partial charge in [0.15, 0.2) is 11.5 Å². The van der Waals surface area contributed by atoms with Gasteiger partial charge in [-0.25, -0.2) is 4.79 Å². The highest BCUT2D eigenvalue weighted by Gasteiger charge is 2.31. The Bertz CT molecular complexity index is 848. The van der Waals surface area contributed by atoms with Crippen molar-refractivity contribution >= 4 is 11.8 Å². The number of piperazine rings is 1. The van der Waals surface area contributed by atoms with E-state index in [2.05, 4.69) is 4.90 Å². The van der Waals surface area contributed by atoms with Crippen LogP contribution in [0.4, 0.5) is 10.5 Å². The molecule has 6 nitrogen and oxygen atoms in total. The number of hydrogen-bond acceptors (Lipinski definition) is 5. The van der Waals surface area contributed by atoms with Crippen LogP contribution in [0.15, 0.2) is 48.5 Å². The summed E-state index contributed by atoms with van der Waals surface area (Å²) in [4.78, 5) is 16.5. The average molecular weight is 413 g/mol. The molecule has 1 aliphatic heterocycles. The summed E-state index contributed by atoms with van der Waals surface area (Å²) >= 11 is 0. The molecule has 0 aliphatic carbocycles. The van der Waals surface area contributed by atoms with Crippen molar-refractivity contribution < 1.29 is 19.0 Å². The van der Waals surface area contributed by atoms with E-state index < -0.39 is 5.60 Å². The van der Waals surface area contributed by atoms with Crippen molar-refractivity contribution in [1.82, 2.24) is 4.90 Å². The molecule has 2 aromatic carbocycles. The molecule has 0 radical (unpaired) electrons. The van der Waals surface area contributed by atoms with Crippen LogP contribution in [0.3, 0.4) is 0 Å². The molecule has 0 bridgehead atoms. The third kappa shape index (κ3) is 5.59. The fourth-order valence-corrected chi connectivity index (χ4v) is 3.49. The molecule has 1 amide bonds. The summed E-state index contributed by atoms with van der Waals surface area (Å²) in [6, 6.07) is 16.1. The van der Waals surface area contributed by atoms with Gasteiger partial charge in [0.05, 0.1) is 7.11 Å². The third-order valence-electron chi connectivity index (χ3n) is 5.01. The molecule has 1 aliphatic rings. The van der Waals surface area contributed by atoms with Gasteiger partial charge in [-0.3, -0.25) is 0 Å². The summed E-state index contributed by atoms with van der Waals surface area (Å²) < 4.78 is 17.1. The largest absolute Gasteiger partial charge is 0.493 e. The molecule has 0 saturated carbocycles. The van der Waals surface area contributed by atoms with Gasteiger partial charge in [0.1, 0.15) is 12.2 Å². The van der Waals surface area contributed by atoms with Gasteiger partial charge >= 0.3 is 6.09 Å². The van der Waals surface area contributed by atoms with E-state index in [1.165, 1.54) is 0 Å². The number of ether oxygens (including phenoxy) is 3. The number of benzene rings is 2. The summed E-state index contributed by atoms with van der Waals surface area (Å²) in [5.41, 5.74) is 1.67. The van der Waals surface area contributed by atoms with E-state index in [1.807, 2.05) is 76.2 Å². The molecule has 0 aromatic heterocycles. The first-order valence-electron chi connectivity index (χ1n) is 10.4. The van der Waals surface area contributed by atoms with E-state index in [4.69, 9.17) is 14.2 Å². The fraction of sp³-hybridized carbons (Fsp3) is 0.458. The van der Waals surface area contributed by atoms with Crippen LogP contribution in [-0.4, -0.2) is 49.4 Å². The monoisotopic (exact) mass is 412 g/mol. The van der Waals surface area contributed by atoms with Crippen molar-refractivity contribution in [1.29, 1.82) is 0 Å². The van der Waals surface area contributed by atoms with Gasteiger partial charge in [-0.05, 0) is 45.4 Å². The Morgan fingerprint density at radius 3 is 2.43 bits per heavy atom. The zero-order chi connectivity index (χ0) is 21.7. The average Bonchev–Trinajstić information content (AvgIpc) is 2.71. The first-order valence-corrected chi connectivity index (χ1v) is 10.4. The molecule has 1 saturated heterocycles. The Balaban J connectivity index is 1.64. The maximum atomic E-state index is 12.4. The van der Waals surface area contributed by atoms with E-state index in [9.17, 15) is 4.79 Å². The molecule has 30 heavy (non-hydrogen) atoms. The van der Waals surface area contributed by atoms with Crippen LogP contribution in [0.25, 0.3) is 0 Å². The minimum Gasteiger partial charge on any atom is -0.493 e. The lowest BCUT2D eigenvalue weighted by Gasteiger charge is -2.41. The van der Waals surface area contributed by atoms with Crippen LogP contribution < -0.4 is 14.4 Å². The lowest BCUT2D eigenvalue weighted by atomic mass is 10.1. The van der Waals surface area contributed by atoms with E-state index in [0.29, 0.717) is 24.7 Å². The van der Waals surface area contributed by atoms with Crippen molar-refractivity contribution in [3.63, 3.8) is 0 Å². The van der Waals surface area contributed by atoms with Gasteiger partial charge in [0.2, 0.25) is 0 Å². The fourth-order valence-electron chi connectivity index (χ4n) is 3.49. The number of anilines is 1. The molecule has 6 heteroatoms. The molecule has 3 rings (SSSR count). The highest BCUT2D eigenvalue weighted by Crippen LogP contribution is 2.33. The smallest absolute Gasteiger partial charge is 0.410 e. The van der Waals surface area contributed by atoms with Crippen LogP contribution in [0.5, 0.6) is 11.5 Å². The predicted octanol–water partition coefficient (Wildman–Crippen LogP) is 4.72. The topological polar surface area (TPSA) is 51.2 Å². The van der Waals surface area contributed by atoms with Gasteiger partial charge < -0.3 is 24.0 Å². The number of hydrogen-bond donors (Lipinski definition) is 0. The summed E-state index contributed by atoms with van der Waals surface area (Å²) in [6.07, 6.45) is -0.253. The molecule has 1 heterocycles. The van der Waals surface area contributed by atoms with Crippen LogP contribution in [0, 0.1) is 0 Å². The lowest BCUT2D eigenvalue weighted by molar-refractivity contribution is 0.0159. The first-order chi connectivity index (χ1) is 14.3. The van der Waals surface area contributed by atoms with Crippen molar-refractivity contribution in [2.45, 2.75) is 45.9 Å². The summed E-state index contributed by atoms with van der Waals surface area (Å²) in [5, 5.41) is 0. The number of methoxy groups -OCH3 is 1. The number of rotatable bonds is 5. The molecular formula is C24H32N2O4. The Kier molecular flexibility index (Phi) is 6.75. The van der Waals surface area contributed by atoms with Crippen LogP contribution >= 0.6 is 0 Å². The van der Waals surface area contributed by atoms with Crippen LogP contribution in [0.2, 0.25) is 0 Å². The van der Waals surface area contributed by atoms with E-state index >= 15 is 0 Å². The minimum absolute atomic E-state index is 0.0496. The maximum Gasteiger partial charge on any atom is 0.410 e. The van der Waals surface area contributed by atoms with Gasteiger partial charge in [-0.15, -0.1) is 0 Å². The second-order valence-corrected chi connectivity index (χ2v) is 8.58. The van der Waals surface area contributed by atoms with Crippen LogP contribution in [0.1, 0.15) is 33.3 Å². The predicted molar refractivity (Wildman–Crippen MR) is 118 cm³/mol. The Morgan fingerprint density at radius 1 is 1.07 bits per heavy atom. The van der Waals surface area contributed by atoms with E-state index in [0.717, 1.165) is 24.3 Å². The number of carbonyl (C=O) groups is 1. The quantitative estimate of drug-likeness (QED) is 0.711. The standard InChI is InChI=1S/C24H32N2O4/c1-18-16-25(13-14-26(18)23(27)30-24(2,3)4)20-11-12-21(22(15-20)28-5)29-17-19-9-7-6-8-10-19/h6-12,15,18H,13-14,16-17H2,1-5H3/t18-/m1/s1. The molecular weight excluding hydrogens is 380 g/mol. The van der Waals surface area contributed by atoms with Crippen molar-refractivity contribution in [3.05, 3.63) is 54.1 Å². The number of amides is 1. The van der Waals surface area contributed by atoms with Gasteiger partial charge in [0.25, 0.3) is 0 Å². The minimum atomic E-state index is -0.489. The molecule has 0 N–H and O–H groups in total. The zero-order valence-corrected chi connectivity index (χ0v) is 18.6. The Morgan fingerprint density at radius 2 is 1.80 bits per heavy atom. The highest BCUT2D eigenvalue weighted by atomic mass is 16.6. The number of carbonyl (C=O) groups excluding carboxylic acids is 1. The molecule has 0 unspecified atom stereocenters. The summed E-state index contributed by atoms with van der Waals surface area (Å²) in [6.45, 7) is 10.3. The molecule has 162 valence electrons. The highest BCUT2D eigenvalue weighted by molar-refractivity contribution is 5.69. The van der Waals surface area contributed by atoms with Crippen molar-refractivity contribution in [2.24, 2.45) is 0 Å². The second-order valence-electron chi connectivity index (χ2n) is 8.58. The normalized spacial score (nSPS) is 16.9. The number of nitrogens with zero attached hydrogens (tertiary/aromatic N) is 2. The first kappa shape index (κ1) is 21.8. The maximum absolute atomic E-state index is 12.4. The van der Waals surface area contributed by atoms with Crippen molar-refractivity contribution in [2.75, 3.05) is 31.6 Å². The third-order valence-corrected chi connectivity index (χ3v) is 5.01. The molecule has 1 atom stereocenters. The second kappa shape index (κ2) is 9.28. The van der Waals surface area contributed by atoms with Crippen molar-refractivity contribution in [3.8, 4) is 11.5 Å². The zero-order valence-electron chi connectivity index (χ0n) is 18.6.